The fourth-order valence-electron chi connectivity index (χ4n) is 5.92. The van der Waals surface area contributed by atoms with E-state index in [2.05, 4.69) is 41.5 Å². The van der Waals surface area contributed by atoms with E-state index in [1.54, 1.807) is 0 Å². The third-order valence-electron chi connectivity index (χ3n) is 7.37. The van der Waals surface area contributed by atoms with Crippen LogP contribution in [-0.4, -0.2) is 0 Å². The van der Waals surface area contributed by atoms with E-state index in [1.807, 2.05) is 0 Å². The van der Waals surface area contributed by atoms with Gasteiger partial charge in [0.2, 0.25) is 0 Å². The van der Waals surface area contributed by atoms with Crippen LogP contribution < -0.4 is 0 Å². The first-order valence-electron chi connectivity index (χ1n) is 9.88. The number of rotatable bonds is 4. The maximum atomic E-state index is 2.54. The third kappa shape index (κ3) is 3.50. The summed E-state index contributed by atoms with van der Waals surface area (Å²) in [7, 11) is 0. The molecule has 0 saturated heterocycles. The van der Waals surface area contributed by atoms with Gasteiger partial charge in [0.25, 0.3) is 0 Å². The van der Waals surface area contributed by atoms with Crippen molar-refractivity contribution in [3.63, 3.8) is 0 Å². The zero-order chi connectivity index (χ0) is 15.6. The van der Waals surface area contributed by atoms with E-state index in [0.717, 1.165) is 35.5 Å². The zero-order valence-corrected chi connectivity index (χ0v) is 15.6. The molecule has 2 aliphatic carbocycles. The Morgan fingerprint density at radius 2 is 1.43 bits per heavy atom. The minimum Gasteiger partial charge on any atom is -0.0625 e. The molecular weight excluding hydrogens is 252 g/mol. The lowest BCUT2D eigenvalue weighted by Crippen LogP contribution is -2.46. The molecule has 4 unspecified atom stereocenters. The standard InChI is InChI=1S/C21H40/c1-15(2)18-10-9-13-21(14-18,17(5)6)20-12-8-7-11-19(20)16(3)4/h15-20H,7-14H2,1-6H3. The zero-order valence-electron chi connectivity index (χ0n) is 15.6. The number of hydrogen-bond donors (Lipinski definition) is 0. The Kier molecular flexibility index (Phi) is 5.83. The van der Waals surface area contributed by atoms with Crippen molar-refractivity contribution in [2.45, 2.75) is 92.9 Å². The van der Waals surface area contributed by atoms with Gasteiger partial charge in [-0.05, 0) is 66.6 Å². The molecule has 0 amide bonds. The molecule has 0 aliphatic heterocycles. The second kappa shape index (κ2) is 7.05. The molecule has 2 saturated carbocycles. The summed E-state index contributed by atoms with van der Waals surface area (Å²) in [4.78, 5) is 0. The molecule has 0 heterocycles. The van der Waals surface area contributed by atoms with Crippen LogP contribution in [0.4, 0.5) is 0 Å². The van der Waals surface area contributed by atoms with Crippen LogP contribution in [0.3, 0.4) is 0 Å². The summed E-state index contributed by atoms with van der Waals surface area (Å²) in [5.41, 5.74) is 0.655. The third-order valence-corrected chi connectivity index (χ3v) is 7.37. The Hall–Kier alpha value is 0. The normalized spacial score (nSPS) is 38.4. The molecule has 0 aromatic heterocycles. The quantitative estimate of drug-likeness (QED) is 0.526. The lowest BCUT2D eigenvalue weighted by molar-refractivity contribution is -0.0509. The fraction of sp³-hybridized carbons (Fsp3) is 1.00. The van der Waals surface area contributed by atoms with Crippen molar-refractivity contribution in [3.8, 4) is 0 Å². The lowest BCUT2D eigenvalue weighted by Gasteiger charge is -2.55. The van der Waals surface area contributed by atoms with Gasteiger partial charge in [-0.1, -0.05) is 67.2 Å². The molecule has 2 rings (SSSR count). The molecular formula is C21H40. The molecule has 4 atom stereocenters. The van der Waals surface area contributed by atoms with Crippen LogP contribution in [0.2, 0.25) is 0 Å². The van der Waals surface area contributed by atoms with Crippen molar-refractivity contribution in [3.05, 3.63) is 0 Å². The van der Waals surface area contributed by atoms with Crippen molar-refractivity contribution in [1.82, 2.24) is 0 Å². The van der Waals surface area contributed by atoms with Crippen LogP contribution >= 0.6 is 0 Å². The molecule has 2 aliphatic rings. The van der Waals surface area contributed by atoms with E-state index in [1.165, 1.54) is 51.4 Å². The van der Waals surface area contributed by atoms with Gasteiger partial charge in [-0.3, -0.25) is 0 Å². The number of hydrogen-bond acceptors (Lipinski definition) is 0. The van der Waals surface area contributed by atoms with Crippen LogP contribution in [-0.2, 0) is 0 Å². The molecule has 0 aromatic carbocycles. The van der Waals surface area contributed by atoms with Crippen molar-refractivity contribution in [2.24, 2.45) is 40.9 Å². The predicted octanol–water partition coefficient (Wildman–Crippen LogP) is 6.94. The second-order valence-electron chi connectivity index (χ2n) is 9.29. The highest BCUT2D eigenvalue weighted by Crippen LogP contribution is 2.57. The van der Waals surface area contributed by atoms with E-state index in [-0.39, 0.29) is 0 Å². The monoisotopic (exact) mass is 292 g/mol. The highest BCUT2D eigenvalue weighted by Gasteiger charge is 2.48. The maximum absolute atomic E-state index is 2.54. The van der Waals surface area contributed by atoms with Crippen molar-refractivity contribution in [2.75, 3.05) is 0 Å². The van der Waals surface area contributed by atoms with Crippen molar-refractivity contribution < 1.29 is 0 Å². The van der Waals surface area contributed by atoms with Gasteiger partial charge in [0.15, 0.2) is 0 Å². The van der Waals surface area contributed by atoms with E-state index in [9.17, 15) is 0 Å². The molecule has 0 heteroatoms. The van der Waals surface area contributed by atoms with Gasteiger partial charge >= 0.3 is 0 Å². The van der Waals surface area contributed by atoms with E-state index in [0.29, 0.717) is 5.41 Å². The molecule has 0 bridgehead atoms. The van der Waals surface area contributed by atoms with Gasteiger partial charge in [-0.25, -0.2) is 0 Å². The van der Waals surface area contributed by atoms with Crippen LogP contribution in [0.15, 0.2) is 0 Å². The fourth-order valence-corrected chi connectivity index (χ4v) is 5.92. The van der Waals surface area contributed by atoms with Gasteiger partial charge in [0.1, 0.15) is 0 Å². The minimum atomic E-state index is 0.655. The van der Waals surface area contributed by atoms with Gasteiger partial charge in [0.05, 0.1) is 0 Å². The Bertz CT molecular complexity index is 314. The summed E-state index contributed by atoms with van der Waals surface area (Å²) in [6.45, 7) is 15.0. The van der Waals surface area contributed by atoms with E-state index < -0.39 is 0 Å². The largest absolute Gasteiger partial charge is 0.0625 e. The molecule has 0 radical (unpaired) electrons. The topological polar surface area (TPSA) is 0 Å². The summed E-state index contributed by atoms with van der Waals surface area (Å²) >= 11 is 0. The van der Waals surface area contributed by atoms with Gasteiger partial charge in [0, 0.05) is 0 Å². The first-order valence-corrected chi connectivity index (χ1v) is 9.88. The molecule has 124 valence electrons. The van der Waals surface area contributed by atoms with Crippen LogP contribution in [0.25, 0.3) is 0 Å². The summed E-state index contributed by atoms with van der Waals surface area (Å²) in [6, 6.07) is 0. The minimum absolute atomic E-state index is 0.655. The second-order valence-corrected chi connectivity index (χ2v) is 9.29. The van der Waals surface area contributed by atoms with Crippen LogP contribution in [0.5, 0.6) is 0 Å². The van der Waals surface area contributed by atoms with Gasteiger partial charge < -0.3 is 0 Å². The Morgan fingerprint density at radius 1 is 0.762 bits per heavy atom. The summed E-state index contributed by atoms with van der Waals surface area (Å²) in [6.07, 6.45) is 12.0. The molecule has 0 spiro atoms. The maximum Gasteiger partial charge on any atom is -0.0241 e. The Morgan fingerprint density at radius 3 is 2.00 bits per heavy atom. The van der Waals surface area contributed by atoms with Crippen LogP contribution in [0.1, 0.15) is 92.9 Å². The van der Waals surface area contributed by atoms with Crippen molar-refractivity contribution >= 4 is 0 Å². The lowest BCUT2D eigenvalue weighted by atomic mass is 9.50. The first kappa shape index (κ1) is 17.4. The van der Waals surface area contributed by atoms with Crippen molar-refractivity contribution in [1.29, 1.82) is 0 Å². The molecule has 0 N–H and O–H groups in total. The first-order chi connectivity index (χ1) is 9.88. The summed E-state index contributed by atoms with van der Waals surface area (Å²) in [5.74, 6) is 5.61. The molecule has 0 aromatic rings. The van der Waals surface area contributed by atoms with Crippen LogP contribution in [0, 0.1) is 40.9 Å². The highest BCUT2D eigenvalue weighted by molar-refractivity contribution is 4.98. The molecule has 21 heavy (non-hydrogen) atoms. The predicted molar refractivity (Wildman–Crippen MR) is 94.4 cm³/mol. The van der Waals surface area contributed by atoms with Gasteiger partial charge in [-0.15, -0.1) is 0 Å². The molecule has 2 fully saturated rings. The van der Waals surface area contributed by atoms with Gasteiger partial charge in [-0.2, -0.15) is 0 Å². The smallest absolute Gasteiger partial charge is 0.0241 e. The average molecular weight is 293 g/mol. The Labute approximate surface area is 134 Å². The van der Waals surface area contributed by atoms with E-state index in [4.69, 9.17) is 0 Å². The Balaban J connectivity index is 2.27. The van der Waals surface area contributed by atoms with E-state index >= 15 is 0 Å². The SMILES string of the molecule is CC(C)C1CCCC(C(C)C)(C2CCCCC2C(C)C)C1. The average Bonchev–Trinajstić information content (AvgIpc) is 2.47. The summed E-state index contributed by atoms with van der Waals surface area (Å²) < 4.78 is 0. The molecule has 0 nitrogen and oxygen atoms in total. The summed E-state index contributed by atoms with van der Waals surface area (Å²) in [5, 5.41) is 0. The highest BCUT2D eigenvalue weighted by atomic mass is 14.5.